The Balaban J connectivity index is 1.97. The van der Waals surface area contributed by atoms with Gasteiger partial charge in [0.2, 0.25) is 0 Å². The first-order valence-electron chi connectivity index (χ1n) is 7.25. The van der Waals surface area contributed by atoms with Crippen LogP contribution in [0.4, 0.5) is 4.39 Å². The Morgan fingerprint density at radius 2 is 1.70 bits per heavy atom. The van der Waals surface area contributed by atoms with Gasteiger partial charge in [0.15, 0.2) is 18.1 Å². The Labute approximate surface area is 135 Å². The molecule has 0 spiro atoms. The van der Waals surface area contributed by atoms with Gasteiger partial charge in [0.05, 0.1) is 12.6 Å². The Morgan fingerprint density at radius 3 is 2.30 bits per heavy atom. The van der Waals surface area contributed by atoms with Crippen molar-refractivity contribution in [3.63, 3.8) is 0 Å². The molecule has 0 atom stereocenters. The van der Waals surface area contributed by atoms with Gasteiger partial charge in [0.1, 0.15) is 5.82 Å². The van der Waals surface area contributed by atoms with E-state index in [1.165, 1.54) is 12.1 Å². The maximum absolute atomic E-state index is 13.0. The quantitative estimate of drug-likeness (QED) is 0.889. The molecule has 0 aliphatic heterocycles. The summed E-state index contributed by atoms with van der Waals surface area (Å²) in [5.41, 5.74) is 0.180. The van der Waals surface area contributed by atoms with Crippen molar-refractivity contribution >= 4 is 5.91 Å². The Hall–Kier alpha value is -2.56. The second-order valence-electron chi connectivity index (χ2n) is 5.62. The van der Waals surface area contributed by atoms with Crippen molar-refractivity contribution in [1.29, 1.82) is 0 Å². The highest BCUT2D eigenvalue weighted by molar-refractivity contribution is 5.78. The third-order valence-electron chi connectivity index (χ3n) is 3.45. The summed E-state index contributed by atoms with van der Waals surface area (Å²) in [6, 6.07) is 13.2. The molecular weight excluding hydrogens is 297 g/mol. The number of methoxy groups -OCH3 is 1. The number of hydrogen-bond acceptors (Lipinski definition) is 3. The fourth-order valence-electron chi connectivity index (χ4n) is 2.20. The normalized spacial score (nSPS) is 11.0. The van der Waals surface area contributed by atoms with E-state index in [4.69, 9.17) is 9.47 Å². The molecule has 0 bridgehead atoms. The van der Waals surface area contributed by atoms with Gasteiger partial charge in [-0.05, 0) is 43.7 Å². The number of carbonyl (C=O) groups is 1. The first kappa shape index (κ1) is 16.8. The van der Waals surface area contributed by atoms with Crippen molar-refractivity contribution in [2.24, 2.45) is 0 Å². The van der Waals surface area contributed by atoms with Crippen LogP contribution < -0.4 is 14.8 Å². The molecule has 0 saturated carbocycles. The molecule has 4 nitrogen and oxygen atoms in total. The topological polar surface area (TPSA) is 47.6 Å². The number of nitrogens with one attached hydrogen (secondary N) is 1. The second-order valence-corrected chi connectivity index (χ2v) is 5.62. The van der Waals surface area contributed by atoms with Gasteiger partial charge >= 0.3 is 0 Å². The highest BCUT2D eigenvalue weighted by Crippen LogP contribution is 2.26. The predicted molar refractivity (Wildman–Crippen MR) is 86.1 cm³/mol. The summed E-state index contributed by atoms with van der Waals surface area (Å²) in [7, 11) is 1.54. The van der Waals surface area contributed by atoms with E-state index < -0.39 is 5.54 Å². The highest BCUT2D eigenvalue weighted by atomic mass is 19.1. The van der Waals surface area contributed by atoms with Crippen molar-refractivity contribution < 1.29 is 18.7 Å². The van der Waals surface area contributed by atoms with Crippen LogP contribution >= 0.6 is 0 Å². The van der Waals surface area contributed by atoms with Gasteiger partial charge in [-0.15, -0.1) is 0 Å². The molecule has 0 radical (unpaired) electrons. The molecule has 1 N–H and O–H groups in total. The minimum absolute atomic E-state index is 0.134. The van der Waals surface area contributed by atoms with E-state index in [0.29, 0.717) is 11.5 Å². The zero-order chi connectivity index (χ0) is 16.9. The predicted octanol–water partition coefficient (Wildman–Crippen LogP) is 3.26. The maximum atomic E-state index is 13.0. The van der Waals surface area contributed by atoms with E-state index in [2.05, 4.69) is 5.32 Å². The molecule has 0 fully saturated rings. The Kier molecular flexibility index (Phi) is 5.21. The van der Waals surface area contributed by atoms with E-state index in [9.17, 15) is 9.18 Å². The van der Waals surface area contributed by atoms with Crippen LogP contribution in [0.25, 0.3) is 0 Å². The SMILES string of the molecule is COc1ccccc1OCC(=O)NC(C)(C)c1ccc(F)cc1. The summed E-state index contributed by atoms with van der Waals surface area (Å²) in [5, 5.41) is 2.87. The summed E-state index contributed by atoms with van der Waals surface area (Å²) < 4.78 is 23.7. The molecule has 2 aromatic carbocycles. The van der Waals surface area contributed by atoms with Crippen LogP contribution in [0.5, 0.6) is 11.5 Å². The van der Waals surface area contributed by atoms with Crippen molar-refractivity contribution in [2.75, 3.05) is 13.7 Å². The van der Waals surface area contributed by atoms with Crippen LogP contribution in [0.2, 0.25) is 0 Å². The number of para-hydroxylation sites is 2. The fourth-order valence-corrected chi connectivity index (χ4v) is 2.20. The van der Waals surface area contributed by atoms with Crippen LogP contribution in [0.1, 0.15) is 19.4 Å². The summed E-state index contributed by atoms with van der Waals surface area (Å²) in [5.74, 6) is 0.489. The number of carbonyl (C=O) groups excluding carboxylic acids is 1. The number of hydrogen-bond donors (Lipinski definition) is 1. The molecule has 2 rings (SSSR count). The van der Waals surface area contributed by atoms with E-state index in [1.807, 2.05) is 19.9 Å². The molecule has 23 heavy (non-hydrogen) atoms. The monoisotopic (exact) mass is 317 g/mol. The first-order chi connectivity index (χ1) is 10.9. The molecule has 0 unspecified atom stereocenters. The van der Waals surface area contributed by atoms with Gasteiger partial charge in [-0.3, -0.25) is 4.79 Å². The third kappa shape index (κ3) is 4.45. The van der Waals surface area contributed by atoms with Gasteiger partial charge in [-0.2, -0.15) is 0 Å². The van der Waals surface area contributed by atoms with Crippen molar-refractivity contribution in [3.8, 4) is 11.5 Å². The van der Waals surface area contributed by atoms with E-state index in [1.54, 1.807) is 37.4 Å². The number of rotatable bonds is 6. The van der Waals surface area contributed by atoms with Gasteiger partial charge < -0.3 is 14.8 Å². The summed E-state index contributed by atoms with van der Waals surface area (Å²) in [6.07, 6.45) is 0. The van der Waals surface area contributed by atoms with Crippen LogP contribution in [0.15, 0.2) is 48.5 Å². The average molecular weight is 317 g/mol. The third-order valence-corrected chi connectivity index (χ3v) is 3.45. The fraction of sp³-hybridized carbons (Fsp3) is 0.278. The van der Waals surface area contributed by atoms with Gasteiger partial charge in [-0.1, -0.05) is 24.3 Å². The highest BCUT2D eigenvalue weighted by Gasteiger charge is 2.23. The van der Waals surface area contributed by atoms with E-state index in [0.717, 1.165) is 5.56 Å². The number of benzene rings is 2. The zero-order valence-corrected chi connectivity index (χ0v) is 13.4. The van der Waals surface area contributed by atoms with Crippen LogP contribution in [0, 0.1) is 5.82 Å². The number of amides is 1. The summed E-state index contributed by atoms with van der Waals surface area (Å²) in [4.78, 5) is 12.1. The molecular formula is C18H20FNO3. The van der Waals surface area contributed by atoms with Gasteiger partial charge in [0, 0.05) is 0 Å². The molecule has 0 aliphatic carbocycles. The largest absolute Gasteiger partial charge is 0.493 e. The first-order valence-corrected chi connectivity index (χ1v) is 7.25. The lowest BCUT2D eigenvalue weighted by molar-refractivity contribution is -0.124. The number of ether oxygens (including phenoxy) is 2. The smallest absolute Gasteiger partial charge is 0.258 e. The van der Waals surface area contributed by atoms with Crippen LogP contribution in [0.3, 0.4) is 0 Å². The molecule has 1 amide bonds. The molecule has 2 aromatic rings. The van der Waals surface area contributed by atoms with E-state index >= 15 is 0 Å². The molecule has 5 heteroatoms. The van der Waals surface area contributed by atoms with Crippen molar-refractivity contribution in [2.45, 2.75) is 19.4 Å². The van der Waals surface area contributed by atoms with E-state index in [-0.39, 0.29) is 18.3 Å². The minimum Gasteiger partial charge on any atom is -0.493 e. The maximum Gasteiger partial charge on any atom is 0.258 e. The molecule has 122 valence electrons. The zero-order valence-electron chi connectivity index (χ0n) is 13.4. The molecule has 0 heterocycles. The van der Waals surface area contributed by atoms with Gasteiger partial charge in [-0.25, -0.2) is 4.39 Å². The second kappa shape index (κ2) is 7.13. The lowest BCUT2D eigenvalue weighted by atomic mass is 9.94. The lowest BCUT2D eigenvalue weighted by Crippen LogP contribution is -2.43. The van der Waals surface area contributed by atoms with Crippen LogP contribution in [-0.4, -0.2) is 19.6 Å². The van der Waals surface area contributed by atoms with Gasteiger partial charge in [0.25, 0.3) is 5.91 Å². The Morgan fingerprint density at radius 1 is 1.09 bits per heavy atom. The molecule has 0 saturated heterocycles. The summed E-state index contributed by atoms with van der Waals surface area (Å²) in [6.45, 7) is 3.56. The molecule has 0 aromatic heterocycles. The number of halogens is 1. The summed E-state index contributed by atoms with van der Waals surface area (Å²) >= 11 is 0. The Bertz CT molecular complexity index is 668. The average Bonchev–Trinajstić information content (AvgIpc) is 2.53. The minimum atomic E-state index is -0.630. The van der Waals surface area contributed by atoms with Crippen molar-refractivity contribution in [1.82, 2.24) is 5.32 Å². The standard InChI is InChI=1S/C18H20FNO3/c1-18(2,13-8-10-14(19)11-9-13)20-17(21)12-23-16-7-5-4-6-15(16)22-3/h4-11H,12H2,1-3H3,(H,20,21). The van der Waals surface area contributed by atoms with Crippen molar-refractivity contribution in [3.05, 3.63) is 59.9 Å². The molecule has 0 aliphatic rings. The lowest BCUT2D eigenvalue weighted by Gasteiger charge is -2.27. The van der Waals surface area contributed by atoms with Crippen LogP contribution in [-0.2, 0) is 10.3 Å².